The first kappa shape index (κ1) is 19.5. The van der Waals surface area contributed by atoms with Crippen LogP contribution in [0.5, 0.6) is 0 Å². The van der Waals surface area contributed by atoms with E-state index in [0.717, 1.165) is 11.1 Å². The molecule has 0 bridgehead atoms. The number of nitrogens with zero attached hydrogens (tertiary/aromatic N) is 2. The minimum Gasteiger partial charge on any atom is -0.272 e. The van der Waals surface area contributed by atoms with E-state index in [2.05, 4.69) is 0 Å². The van der Waals surface area contributed by atoms with Crippen molar-refractivity contribution in [3.8, 4) is 0 Å². The zero-order chi connectivity index (χ0) is 20.0. The van der Waals surface area contributed by atoms with Gasteiger partial charge < -0.3 is 0 Å². The average molecular weight is 409 g/mol. The van der Waals surface area contributed by atoms with Gasteiger partial charge in [-0.1, -0.05) is 46.7 Å². The highest BCUT2D eigenvalue weighted by atomic mass is 32.2. The van der Waals surface area contributed by atoms with Crippen molar-refractivity contribution in [1.82, 2.24) is 8.83 Å². The van der Waals surface area contributed by atoms with Gasteiger partial charge in [0.15, 0.2) is 0 Å². The number of hydrogen-bond acceptors (Lipinski definition) is 5. The van der Waals surface area contributed by atoms with Crippen LogP contribution in [0.3, 0.4) is 0 Å². The zero-order valence-corrected chi connectivity index (χ0v) is 16.8. The van der Waals surface area contributed by atoms with Crippen LogP contribution in [0.15, 0.2) is 58.3 Å². The second-order valence-corrected chi connectivity index (χ2v) is 10.2. The van der Waals surface area contributed by atoms with Crippen LogP contribution in [-0.4, -0.2) is 38.1 Å². The number of benzene rings is 2. The number of carbonyl (C=O) groups is 1. The van der Waals surface area contributed by atoms with Gasteiger partial charge in [0.1, 0.15) is 0 Å². The van der Waals surface area contributed by atoms with Crippen LogP contribution in [0.2, 0.25) is 0 Å². The molecule has 1 aliphatic heterocycles. The van der Waals surface area contributed by atoms with E-state index in [1.54, 1.807) is 31.2 Å². The number of aryl methyl sites for hydroxylation is 2. The molecule has 0 saturated carbocycles. The molecule has 7 nitrogen and oxygen atoms in total. The summed E-state index contributed by atoms with van der Waals surface area (Å²) in [5, 5.41) is 0. The lowest BCUT2D eigenvalue weighted by atomic mass is 10.2. The Morgan fingerprint density at radius 3 is 1.63 bits per heavy atom. The van der Waals surface area contributed by atoms with E-state index >= 15 is 0 Å². The predicted molar refractivity (Wildman–Crippen MR) is 99.4 cm³/mol. The Labute approximate surface area is 159 Å². The van der Waals surface area contributed by atoms with Crippen molar-refractivity contribution in [3.05, 3.63) is 59.7 Å². The standard InChI is InChI=1S/C18H20N2O5S2/c1-13-4-8-16(9-5-13)26(22,23)19-12-15(3)18(21)20(19)27(24,25)17-10-6-14(2)7-11-17/h4-11,15H,12H2,1-3H3. The predicted octanol–water partition coefficient (Wildman–Crippen LogP) is 2.08. The van der Waals surface area contributed by atoms with Crippen LogP contribution < -0.4 is 0 Å². The van der Waals surface area contributed by atoms with Crippen molar-refractivity contribution < 1.29 is 21.6 Å². The van der Waals surface area contributed by atoms with E-state index in [0.29, 0.717) is 8.83 Å². The molecule has 1 saturated heterocycles. The van der Waals surface area contributed by atoms with E-state index in [-0.39, 0.29) is 16.3 Å². The summed E-state index contributed by atoms with van der Waals surface area (Å²) in [7, 11) is -8.57. The Balaban J connectivity index is 2.10. The van der Waals surface area contributed by atoms with Gasteiger partial charge in [0.05, 0.1) is 15.7 Å². The molecule has 1 unspecified atom stereocenters. The Kier molecular flexibility index (Phi) is 4.87. The Hall–Kier alpha value is -2.23. The molecule has 0 radical (unpaired) electrons. The summed E-state index contributed by atoms with van der Waals surface area (Å²) in [4.78, 5) is 12.4. The van der Waals surface area contributed by atoms with Crippen molar-refractivity contribution in [2.45, 2.75) is 30.6 Å². The molecule has 27 heavy (non-hydrogen) atoms. The van der Waals surface area contributed by atoms with Crippen molar-refractivity contribution in [2.75, 3.05) is 6.54 Å². The summed E-state index contributed by atoms with van der Waals surface area (Å²) < 4.78 is 53.2. The van der Waals surface area contributed by atoms with E-state index in [4.69, 9.17) is 0 Å². The first-order valence-corrected chi connectivity index (χ1v) is 11.2. The molecule has 1 fully saturated rings. The second-order valence-electron chi connectivity index (χ2n) is 6.62. The highest BCUT2D eigenvalue weighted by Gasteiger charge is 2.49. The van der Waals surface area contributed by atoms with Crippen LogP contribution in [0.1, 0.15) is 18.1 Å². The molecule has 0 spiro atoms. The number of hydrogen-bond donors (Lipinski definition) is 0. The number of hydrazine groups is 1. The third-order valence-electron chi connectivity index (χ3n) is 4.39. The topological polar surface area (TPSA) is 91.8 Å². The summed E-state index contributed by atoms with van der Waals surface area (Å²) in [6.07, 6.45) is 0. The van der Waals surface area contributed by atoms with Crippen molar-refractivity contribution >= 4 is 26.0 Å². The van der Waals surface area contributed by atoms with Crippen molar-refractivity contribution in [2.24, 2.45) is 5.92 Å². The molecule has 1 amide bonds. The van der Waals surface area contributed by atoms with E-state index in [9.17, 15) is 21.6 Å². The van der Waals surface area contributed by atoms with E-state index < -0.39 is 31.9 Å². The smallest absolute Gasteiger partial charge is 0.272 e. The molecule has 0 aliphatic carbocycles. The zero-order valence-electron chi connectivity index (χ0n) is 15.2. The maximum absolute atomic E-state index is 13.0. The van der Waals surface area contributed by atoms with Crippen LogP contribution >= 0.6 is 0 Å². The summed E-state index contributed by atoms with van der Waals surface area (Å²) in [5.41, 5.74) is 1.71. The largest absolute Gasteiger partial charge is 0.281 e. The summed E-state index contributed by atoms with van der Waals surface area (Å²) >= 11 is 0. The third-order valence-corrected chi connectivity index (χ3v) is 7.92. The maximum Gasteiger partial charge on any atom is 0.281 e. The summed E-state index contributed by atoms with van der Waals surface area (Å²) in [5.74, 6) is -1.54. The molecule has 144 valence electrons. The fraction of sp³-hybridized carbons (Fsp3) is 0.278. The number of rotatable bonds is 4. The highest BCUT2D eigenvalue weighted by molar-refractivity contribution is 7.92. The number of amides is 1. The quantitative estimate of drug-likeness (QED) is 0.772. The van der Waals surface area contributed by atoms with Crippen LogP contribution in [0.4, 0.5) is 0 Å². The SMILES string of the molecule is Cc1ccc(S(=O)(=O)N2CC(C)C(=O)N2S(=O)(=O)c2ccc(C)cc2)cc1. The van der Waals surface area contributed by atoms with Gasteiger partial charge in [0.2, 0.25) is 0 Å². The molecular weight excluding hydrogens is 388 g/mol. The average Bonchev–Trinajstić information content (AvgIpc) is 2.92. The van der Waals surface area contributed by atoms with Gasteiger partial charge in [-0.05, 0) is 38.1 Å². The number of sulfonamides is 2. The van der Waals surface area contributed by atoms with Gasteiger partial charge in [0.25, 0.3) is 26.0 Å². The number of carbonyl (C=O) groups excluding carboxylic acids is 1. The first-order valence-electron chi connectivity index (χ1n) is 8.30. The summed E-state index contributed by atoms with van der Waals surface area (Å²) in [6.45, 7) is 4.88. The normalized spacial score (nSPS) is 18.9. The molecule has 1 heterocycles. The molecule has 2 aromatic carbocycles. The van der Waals surface area contributed by atoms with Gasteiger partial charge in [-0.2, -0.15) is 8.42 Å². The Morgan fingerprint density at radius 1 is 0.778 bits per heavy atom. The van der Waals surface area contributed by atoms with Gasteiger partial charge in [-0.3, -0.25) is 4.79 Å². The minimum atomic E-state index is -4.36. The van der Waals surface area contributed by atoms with E-state index in [1.165, 1.54) is 31.2 Å². The molecule has 3 rings (SSSR count). The monoisotopic (exact) mass is 408 g/mol. The van der Waals surface area contributed by atoms with Gasteiger partial charge in [-0.25, -0.2) is 8.42 Å². The van der Waals surface area contributed by atoms with Crippen LogP contribution in [-0.2, 0) is 24.8 Å². The van der Waals surface area contributed by atoms with Crippen LogP contribution in [0, 0.1) is 19.8 Å². The van der Waals surface area contributed by atoms with Gasteiger partial charge in [0, 0.05) is 6.54 Å². The fourth-order valence-electron chi connectivity index (χ4n) is 2.76. The highest BCUT2D eigenvalue weighted by Crippen LogP contribution is 2.31. The molecule has 1 atom stereocenters. The lowest BCUT2D eigenvalue weighted by Crippen LogP contribution is -2.46. The lowest BCUT2D eigenvalue weighted by molar-refractivity contribution is -0.129. The molecule has 0 N–H and O–H groups in total. The molecule has 1 aliphatic rings. The third kappa shape index (κ3) is 3.38. The lowest BCUT2D eigenvalue weighted by Gasteiger charge is -2.26. The fourth-order valence-corrected chi connectivity index (χ4v) is 6.11. The Bertz CT molecular complexity index is 1080. The van der Waals surface area contributed by atoms with E-state index in [1.807, 2.05) is 6.92 Å². The van der Waals surface area contributed by atoms with Crippen LogP contribution in [0.25, 0.3) is 0 Å². The van der Waals surface area contributed by atoms with Gasteiger partial charge in [-0.15, -0.1) is 4.41 Å². The Morgan fingerprint density at radius 2 is 1.19 bits per heavy atom. The maximum atomic E-state index is 13.0. The first-order chi connectivity index (χ1) is 12.5. The second kappa shape index (κ2) is 6.74. The molecular formula is C18H20N2O5S2. The molecule has 0 aromatic heterocycles. The minimum absolute atomic E-state index is 0.0703. The van der Waals surface area contributed by atoms with Crippen molar-refractivity contribution in [3.63, 3.8) is 0 Å². The van der Waals surface area contributed by atoms with Crippen molar-refractivity contribution in [1.29, 1.82) is 0 Å². The summed E-state index contributed by atoms with van der Waals surface area (Å²) in [6, 6.07) is 11.9. The molecule has 9 heteroatoms. The molecule has 2 aromatic rings. The van der Waals surface area contributed by atoms with Gasteiger partial charge >= 0.3 is 0 Å².